The second-order valence-electron chi connectivity index (χ2n) is 7.10. The SMILES string of the molecule is COc1ccc(N2CC(C(=O)NCc3ccccc3OC(C)C)CC2=O)cc1. The fraction of sp³-hybridized carbons (Fsp3) is 0.364. The van der Waals surface area contributed by atoms with Gasteiger partial charge in [0.25, 0.3) is 0 Å². The van der Waals surface area contributed by atoms with Gasteiger partial charge in [-0.2, -0.15) is 0 Å². The van der Waals surface area contributed by atoms with E-state index in [4.69, 9.17) is 9.47 Å². The highest BCUT2D eigenvalue weighted by Gasteiger charge is 2.35. The van der Waals surface area contributed by atoms with Crippen molar-refractivity contribution in [3.05, 3.63) is 54.1 Å². The van der Waals surface area contributed by atoms with Crippen LogP contribution in [0.1, 0.15) is 25.8 Å². The molecule has 2 aromatic carbocycles. The van der Waals surface area contributed by atoms with Gasteiger partial charge in [-0.15, -0.1) is 0 Å². The number of ether oxygens (including phenoxy) is 2. The number of nitrogens with one attached hydrogen (secondary N) is 1. The monoisotopic (exact) mass is 382 g/mol. The molecular weight excluding hydrogens is 356 g/mol. The maximum absolute atomic E-state index is 12.6. The quantitative estimate of drug-likeness (QED) is 0.799. The second kappa shape index (κ2) is 8.78. The molecule has 1 heterocycles. The van der Waals surface area contributed by atoms with E-state index in [-0.39, 0.29) is 30.3 Å². The van der Waals surface area contributed by atoms with Gasteiger partial charge in [-0.3, -0.25) is 9.59 Å². The lowest BCUT2D eigenvalue weighted by molar-refractivity contribution is -0.126. The summed E-state index contributed by atoms with van der Waals surface area (Å²) in [5.41, 5.74) is 1.69. The second-order valence-corrected chi connectivity index (χ2v) is 7.10. The standard InChI is InChI=1S/C22H26N2O4/c1-15(2)28-20-7-5-4-6-16(20)13-23-22(26)17-12-21(25)24(14-17)18-8-10-19(27-3)11-9-18/h4-11,15,17H,12-14H2,1-3H3,(H,23,26). The predicted molar refractivity (Wildman–Crippen MR) is 108 cm³/mol. The molecular formula is C22H26N2O4. The lowest BCUT2D eigenvalue weighted by Gasteiger charge is -2.18. The van der Waals surface area contributed by atoms with E-state index in [0.29, 0.717) is 13.1 Å². The number of carbonyl (C=O) groups is 2. The number of amides is 2. The molecule has 1 N–H and O–H groups in total. The largest absolute Gasteiger partial charge is 0.497 e. The molecule has 2 aromatic rings. The van der Waals surface area contributed by atoms with Crippen molar-refractivity contribution >= 4 is 17.5 Å². The number of methoxy groups -OCH3 is 1. The van der Waals surface area contributed by atoms with Crippen molar-refractivity contribution in [3.8, 4) is 11.5 Å². The molecule has 0 spiro atoms. The van der Waals surface area contributed by atoms with Gasteiger partial charge in [0.05, 0.1) is 19.1 Å². The Hall–Kier alpha value is -3.02. The van der Waals surface area contributed by atoms with E-state index in [1.165, 1.54) is 0 Å². The topological polar surface area (TPSA) is 67.9 Å². The summed E-state index contributed by atoms with van der Waals surface area (Å²) >= 11 is 0. The first-order chi connectivity index (χ1) is 13.5. The molecule has 1 fully saturated rings. The first-order valence-electron chi connectivity index (χ1n) is 9.44. The lowest BCUT2D eigenvalue weighted by Crippen LogP contribution is -2.32. The highest BCUT2D eigenvalue weighted by molar-refractivity contribution is 6.00. The van der Waals surface area contributed by atoms with Crippen LogP contribution in [0.5, 0.6) is 11.5 Å². The number of rotatable bonds is 7. The number of nitrogens with zero attached hydrogens (tertiary/aromatic N) is 1. The normalized spacial score (nSPS) is 16.4. The fourth-order valence-electron chi connectivity index (χ4n) is 3.24. The Morgan fingerprint density at radius 2 is 1.89 bits per heavy atom. The van der Waals surface area contributed by atoms with Crippen LogP contribution in [0.2, 0.25) is 0 Å². The average molecular weight is 382 g/mol. The van der Waals surface area contributed by atoms with Crippen LogP contribution >= 0.6 is 0 Å². The predicted octanol–water partition coefficient (Wildman–Crippen LogP) is 3.15. The Balaban J connectivity index is 1.60. The molecule has 0 aliphatic carbocycles. The van der Waals surface area contributed by atoms with Gasteiger partial charge in [0, 0.05) is 30.8 Å². The number of hydrogen-bond donors (Lipinski definition) is 1. The first kappa shape index (κ1) is 19.7. The van der Waals surface area contributed by atoms with Crippen molar-refractivity contribution in [1.29, 1.82) is 0 Å². The van der Waals surface area contributed by atoms with Crippen LogP contribution in [-0.2, 0) is 16.1 Å². The van der Waals surface area contributed by atoms with Crippen molar-refractivity contribution < 1.29 is 19.1 Å². The Labute approximate surface area is 165 Å². The molecule has 1 aliphatic heterocycles. The fourth-order valence-corrected chi connectivity index (χ4v) is 3.24. The Morgan fingerprint density at radius 1 is 1.18 bits per heavy atom. The molecule has 0 radical (unpaired) electrons. The van der Waals surface area contributed by atoms with E-state index >= 15 is 0 Å². The van der Waals surface area contributed by atoms with Crippen LogP contribution in [0.3, 0.4) is 0 Å². The maximum Gasteiger partial charge on any atom is 0.227 e. The Bertz CT molecular complexity index is 833. The van der Waals surface area contributed by atoms with Gasteiger partial charge in [-0.05, 0) is 44.2 Å². The van der Waals surface area contributed by atoms with Crippen molar-refractivity contribution in [2.75, 3.05) is 18.6 Å². The zero-order valence-electron chi connectivity index (χ0n) is 16.5. The number of para-hydroxylation sites is 1. The van der Waals surface area contributed by atoms with Gasteiger partial charge in [-0.1, -0.05) is 18.2 Å². The molecule has 0 saturated carbocycles. The van der Waals surface area contributed by atoms with Crippen molar-refractivity contribution in [3.63, 3.8) is 0 Å². The van der Waals surface area contributed by atoms with Gasteiger partial charge in [0.15, 0.2) is 0 Å². The van der Waals surface area contributed by atoms with Gasteiger partial charge < -0.3 is 19.7 Å². The van der Waals surface area contributed by atoms with E-state index in [0.717, 1.165) is 22.7 Å². The van der Waals surface area contributed by atoms with E-state index in [2.05, 4.69) is 5.32 Å². The molecule has 2 amide bonds. The minimum absolute atomic E-state index is 0.0474. The number of anilines is 1. The molecule has 0 aromatic heterocycles. The maximum atomic E-state index is 12.6. The molecule has 1 saturated heterocycles. The third-order valence-corrected chi connectivity index (χ3v) is 4.67. The van der Waals surface area contributed by atoms with Crippen LogP contribution in [0.15, 0.2) is 48.5 Å². The van der Waals surface area contributed by atoms with Crippen LogP contribution in [0.4, 0.5) is 5.69 Å². The van der Waals surface area contributed by atoms with Crippen LogP contribution in [-0.4, -0.2) is 31.6 Å². The minimum atomic E-state index is -0.368. The molecule has 28 heavy (non-hydrogen) atoms. The zero-order chi connectivity index (χ0) is 20.1. The summed E-state index contributed by atoms with van der Waals surface area (Å²) in [7, 11) is 1.60. The van der Waals surface area contributed by atoms with E-state index in [1.807, 2.05) is 62.4 Å². The van der Waals surface area contributed by atoms with Crippen molar-refractivity contribution in [1.82, 2.24) is 5.32 Å². The third kappa shape index (κ3) is 4.63. The number of hydrogen-bond acceptors (Lipinski definition) is 4. The van der Waals surface area contributed by atoms with E-state index < -0.39 is 0 Å². The Morgan fingerprint density at radius 3 is 2.57 bits per heavy atom. The molecule has 0 bridgehead atoms. The van der Waals surface area contributed by atoms with E-state index in [1.54, 1.807) is 12.0 Å². The molecule has 1 atom stereocenters. The number of benzene rings is 2. The van der Waals surface area contributed by atoms with Crippen LogP contribution < -0.4 is 19.7 Å². The summed E-state index contributed by atoms with van der Waals surface area (Å²) in [5, 5.41) is 2.95. The molecule has 1 unspecified atom stereocenters. The smallest absolute Gasteiger partial charge is 0.227 e. The highest BCUT2D eigenvalue weighted by Crippen LogP contribution is 2.27. The van der Waals surface area contributed by atoms with Gasteiger partial charge >= 0.3 is 0 Å². The van der Waals surface area contributed by atoms with Crippen LogP contribution in [0.25, 0.3) is 0 Å². The molecule has 6 heteroatoms. The van der Waals surface area contributed by atoms with Gasteiger partial charge in [0.1, 0.15) is 11.5 Å². The Kier molecular flexibility index (Phi) is 6.19. The molecule has 3 rings (SSSR count). The average Bonchev–Trinajstić information content (AvgIpc) is 3.08. The van der Waals surface area contributed by atoms with Gasteiger partial charge in [-0.25, -0.2) is 0 Å². The zero-order valence-corrected chi connectivity index (χ0v) is 16.5. The molecule has 1 aliphatic rings. The molecule has 6 nitrogen and oxygen atoms in total. The highest BCUT2D eigenvalue weighted by atomic mass is 16.5. The first-order valence-corrected chi connectivity index (χ1v) is 9.44. The number of carbonyl (C=O) groups excluding carboxylic acids is 2. The summed E-state index contributed by atoms with van der Waals surface area (Å²) in [6, 6.07) is 14.9. The van der Waals surface area contributed by atoms with Crippen LogP contribution in [0, 0.1) is 5.92 Å². The lowest BCUT2D eigenvalue weighted by atomic mass is 10.1. The summed E-state index contributed by atoms with van der Waals surface area (Å²) < 4.78 is 10.9. The molecule has 148 valence electrons. The van der Waals surface area contributed by atoms with E-state index in [9.17, 15) is 9.59 Å². The summed E-state index contributed by atoms with van der Waals surface area (Å²) in [6.07, 6.45) is 0.268. The third-order valence-electron chi connectivity index (χ3n) is 4.67. The van der Waals surface area contributed by atoms with Crippen molar-refractivity contribution in [2.45, 2.75) is 32.9 Å². The minimum Gasteiger partial charge on any atom is -0.497 e. The van der Waals surface area contributed by atoms with Gasteiger partial charge in [0.2, 0.25) is 11.8 Å². The summed E-state index contributed by atoms with van der Waals surface area (Å²) in [5.74, 6) is 0.956. The van der Waals surface area contributed by atoms with Crippen molar-refractivity contribution in [2.24, 2.45) is 5.92 Å². The summed E-state index contributed by atoms with van der Waals surface area (Å²) in [6.45, 7) is 4.68. The summed E-state index contributed by atoms with van der Waals surface area (Å²) in [4.78, 5) is 26.7.